The molecule has 2 aromatic carbocycles. The van der Waals surface area contributed by atoms with Crippen LogP contribution in [0.2, 0.25) is 5.02 Å². The van der Waals surface area contributed by atoms with Gasteiger partial charge in [-0.15, -0.1) is 0 Å². The van der Waals surface area contributed by atoms with Crippen molar-refractivity contribution < 1.29 is 9.53 Å². The zero-order valence-electron chi connectivity index (χ0n) is 19.8. The minimum atomic E-state index is 0.0138. The monoisotopic (exact) mass is 444 g/mol. The van der Waals surface area contributed by atoms with Crippen molar-refractivity contribution >= 4 is 23.1 Å². The number of nitrogens with one attached hydrogen (secondary N) is 1. The molecule has 0 heterocycles. The fourth-order valence-electron chi connectivity index (χ4n) is 3.37. The van der Waals surface area contributed by atoms with E-state index in [1.165, 1.54) is 11.1 Å². The average Bonchev–Trinajstić information content (AvgIpc) is 2.76. The van der Waals surface area contributed by atoms with Crippen molar-refractivity contribution in [3.63, 3.8) is 0 Å². The van der Waals surface area contributed by atoms with E-state index >= 15 is 0 Å². The Bertz CT molecular complexity index is 906. The first-order chi connectivity index (χ1) is 14.6. The molecular weight excluding hydrogens is 408 g/mol. The van der Waals surface area contributed by atoms with Gasteiger partial charge in [0.05, 0.1) is 17.3 Å². The van der Waals surface area contributed by atoms with Crippen molar-refractivity contribution in [3.8, 4) is 5.75 Å². The normalized spacial score (nSPS) is 12.0. The molecule has 4 nitrogen and oxygen atoms in total. The van der Waals surface area contributed by atoms with Crippen molar-refractivity contribution in [1.29, 1.82) is 0 Å². The number of halogens is 1. The maximum Gasteiger partial charge on any atom is 0.163 e. The van der Waals surface area contributed by atoms with Crippen molar-refractivity contribution in [1.82, 2.24) is 0 Å². The molecule has 2 aromatic rings. The summed E-state index contributed by atoms with van der Waals surface area (Å²) in [4.78, 5) is 12.5. The van der Waals surface area contributed by atoms with E-state index in [1.54, 1.807) is 18.2 Å². The Kier molecular flexibility index (Phi) is 8.56. The lowest BCUT2D eigenvalue weighted by atomic mass is 9.76. The van der Waals surface area contributed by atoms with Crippen molar-refractivity contribution in [2.75, 3.05) is 12.0 Å². The highest BCUT2D eigenvalue weighted by atomic mass is 35.5. The zero-order chi connectivity index (χ0) is 23.2. The molecule has 0 fully saturated rings. The molecule has 5 heteroatoms. The van der Waals surface area contributed by atoms with E-state index in [0.29, 0.717) is 35.7 Å². The Hall–Kier alpha value is -2.04. The lowest BCUT2D eigenvalue weighted by molar-refractivity contribution is 0.0973. The van der Waals surface area contributed by atoms with Gasteiger partial charge in [0, 0.05) is 17.5 Å². The molecule has 0 aliphatic rings. The summed E-state index contributed by atoms with van der Waals surface area (Å²) in [5.74, 6) is 6.41. The van der Waals surface area contributed by atoms with Crippen LogP contribution in [0.5, 0.6) is 5.75 Å². The van der Waals surface area contributed by atoms with Gasteiger partial charge < -0.3 is 10.2 Å². The fraction of sp³-hybridized carbons (Fsp3) is 0.500. The summed E-state index contributed by atoms with van der Waals surface area (Å²) in [6, 6.07) is 11.7. The Labute approximate surface area is 192 Å². The van der Waals surface area contributed by atoms with Crippen LogP contribution in [0.1, 0.15) is 88.7 Å². The van der Waals surface area contributed by atoms with E-state index < -0.39 is 0 Å². The van der Waals surface area contributed by atoms with Gasteiger partial charge in [-0.25, -0.2) is 0 Å². The van der Waals surface area contributed by atoms with Gasteiger partial charge in [0.25, 0.3) is 0 Å². The molecule has 31 heavy (non-hydrogen) atoms. The Balaban J connectivity index is 2.08. The fourth-order valence-corrected chi connectivity index (χ4v) is 3.54. The molecular formula is C26H37ClN2O2. The van der Waals surface area contributed by atoms with E-state index in [1.807, 2.05) is 0 Å². The van der Waals surface area contributed by atoms with Gasteiger partial charge >= 0.3 is 0 Å². The topological polar surface area (TPSA) is 64.3 Å². The Morgan fingerprint density at radius 2 is 1.71 bits per heavy atom. The zero-order valence-corrected chi connectivity index (χ0v) is 20.5. The van der Waals surface area contributed by atoms with E-state index in [-0.39, 0.29) is 16.6 Å². The van der Waals surface area contributed by atoms with Crippen LogP contribution >= 0.6 is 11.6 Å². The third-order valence-corrected chi connectivity index (χ3v) is 6.84. The van der Waals surface area contributed by atoms with Gasteiger partial charge in [-0.2, -0.15) is 0 Å². The minimum Gasteiger partial charge on any atom is -0.493 e. The number of carbonyl (C=O) groups excluding carboxylic acids is 1. The lowest BCUT2D eigenvalue weighted by Gasteiger charge is -2.30. The van der Waals surface area contributed by atoms with E-state index in [4.69, 9.17) is 22.2 Å². The molecule has 0 aliphatic heterocycles. The van der Waals surface area contributed by atoms with Gasteiger partial charge in [0.2, 0.25) is 0 Å². The first kappa shape index (κ1) is 25.2. The van der Waals surface area contributed by atoms with Crippen molar-refractivity contribution in [2.24, 2.45) is 5.84 Å². The number of ether oxygens (including phenoxy) is 1. The van der Waals surface area contributed by atoms with Gasteiger partial charge in [0.1, 0.15) is 5.75 Å². The van der Waals surface area contributed by atoms with Crippen molar-refractivity contribution in [2.45, 2.75) is 78.1 Å². The maximum absolute atomic E-state index is 12.5. The third kappa shape index (κ3) is 6.24. The van der Waals surface area contributed by atoms with E-state index in [0.717, 1.165) is 18.6 Å². The number of rotatable bonds is 11. The number of benzene rings is 2. The molecule has 0 amide bonds. The molecule has 170 valence electrons. The first-order valence-electron chi connectivity index (χ1n) is 11.1. The molecule has 0 bridgehead atoms. The van der Waals surface area contributed by atoms with Crippen LogP contribution in [0.25, 0.3) is 0 Å². The first-order valence-corrected chi connectivity index (χ1v) is 11.5. The smallest absolute Gasteiger partial charge is 0.163 e. The molecule has 0 unspecified atom stereocenters. The Morgan fingerprint density at radius 1 is 1.03 bits per heavy atom. The second kappa shape index (κ2) is 10.5. The summed E-state index contributed by atoms with van der Waals surface area (Å²) in [5, 5.41) is 0.489. The number of carbonyl (C=O) groups is 1. The number of nitrogens with two attached hydrogens (primary N) is 1. The molecule has 0 radical (unpaired) electrons. The van der Waals surface area contributed by atoms with Crippen LogP contribution in [0.3, 0.4) is 0 Å². The van der Waals surface area contributed by atoms with Gasteiger partial charge in [0.15, 0.2) is 5.78 Å². The highest BCUT2D eigenvalue weighted by Crippen LogP contribution is 2.38. The molecule has 2 rings (SSSR count). The van der Waals surface area contributed by atoms with Gasteiger partial charge in [-0.1, -0.05) is 65.3 Å². The SMILES string of the molecule is CCC(C)(C)c1ccc(OCCCC(=O)c2ccc(Cl)c(NN)c2)c(C(C)(C)CC)c1. The summed E-state index contributed by atoms with van der Waals surface area (Å²) >= 11 is 6.03. The largest absolute Gasteiger partial charge is 0.493 e. The molecule has 3 N–H and O–H groups in total. The highest BCUT2D eigenvalue weighted by Gasteiger charge is 2.26. The van der Waals surface area contributed by atoms with Crippen LogP contribution in [-0.4, -0.2) is 12.4 Å². The van der Waals surface area contributed by atoms with Crippen LogP contribution < -0.4 is 16.0 Å². The quantitative estimate of drug-likeness (QED) is 0.169. The number of nitrogen functional groups attached to an aromatic ring is 1. The van der Waals surface area contributed by atoms with E-state index in [2.05, 4.69) is 65.2 Å². The Morgan fingerprint density at radius 3 is 2.32 bits per heavy atom. The number of hydrogen-bond acceptors (Lipinski definition) is 4. The molecule has 0 saturated heterocycles. The minimum absolute atomic E-state index is 0.0138. The average molecular weight is 445 g/mol. The summed E-state index contributed by atoms with van der Waals surface area (Å²) in [7, 11) is 0. The number of anilines is 1. The van der Waals surface area contributed by atoms with Crippen LogP contribution in [0, 0.1) is 0 Å². The van der Waals surface area contributed by atoms with Gasteiger partial charge in [-0.05, 0) is 59.9 Å². The van der Waals surface area contributed by atoms with Crippen LogP contribution in [0.4, 0.5) is 5.69 Å². The number of Topliss-reactive ketones (excluding diaryl/α,β-unsaturated/α-hetero) is 1. The molecule has 0 spiro atoms. The maximum atomic E-state index is 12.5. The summed E-state index contributed by atoms with van der Waals surface area (Å²) in [5.41, 5.74) is 6.36. The van der Waals surface area contributed by atoms with Gasteiger partial charge in [-0.3, -0.25) is 10.6 Å². The lowest BCUT2D eigenvalue weighted by Crippen LogP contribution is -2.21. The molecule has 0 atom stereocenters. The highest BCUT2D eigenvalue weighted by molar-refractivity contribution is 6.33. The summed E-state index contributed by atoms with van der Waals surface area (Å²) in [6.45, 7) is 14.0. The number of hydrogen-bond donors (Lipinski definition) is 2. The number of hydrazine groups is 1. The van der Waals surface area contributed by atoms with Crippen LogP contribution in [0.15, 0.2) is 36.4 Å². The third-order valence-electron chi connectivity index (χ3n) is 6.51. The predicted molar refractivity (Wildman–Crippen MR) is 131 cm³/mol. The standard InChI is InChI=1S/C26H37ClN2O2/c1-7-25(3,4)19-12-14-24(20(17-19)26(5,6)8-2)31-15-9-10-23(30)18-11-13-21(27)22(16-18)29-28/h11-14,16-17,29H,7-10,15,28H2,1-6H3. The van der Waals surface area contributed by atoms with Crippen LogP contribution in [-0.2, 0) is 10.8 Å². The second-order valence-corrected chi connectivity index (χ2v) is 9.81. The molecule has 0 aliphatic carbocycles. The summed E-state index contributed by atoms with van der Waals surface area (Å²) in [6.07, 6.45) is 3.14. The van der Waals surface area contributed by atoms with E-state index in [9.17, 15) is 4.79 Å². The number of ketones is 1. The predicted octanol–water partition coefficient (Wildman–Crippen LogP) is 7.04. The second-order valence-electron chi connectivity index (χ2n) is 9.40. The van der Waals surface area contributed by atoms with Crippen molar-refractivity contribution in [3.05, 3.63) is 58.1 Å². The molecule has 0 saturated carbocycles. The summed E-state index contributed by atoms with van der Waals surface area (Å²) < 4.78 is 6.17. The molecule has 0 aromatic heterocycles.